The number of nitrogens with zero attached hydrogens (tertiary/aromatic N) is 1. The number of piperidine rings is 1. The monoisotopic (exact) mass is 299 g/mol. The summed E-state index contributed by atoms with van der Waals surface area (Å²) in [6, 6.07) is -0.112. The fourth-order valence-corrected chi connectivity index (χ4v) is 4.29. The van der Waals surface area contributed by atoms with E-state index in [2.05, 4.69) is 12.2 Å². The molecule has 0 N–H and O–H groups in total. The van der Waals surface area contributed by atoms with Crippen LogP contribution in [-0.2, 0) is 14.6 Å². The first kappa shape index (κ1) is 15.5. The number of rotatable bonds is 4. The molecule has 0 bridgehead atoms. The van der Waals surface area contributed by atoms with Gasteiger partial charge in [0, 0.05) is 25.3 Å². The Bertz CT molecular complexity index is 470. The second kappa shape index (κ2) is 6.74. The van der Waals surface area contributed by atoms with Gasteiger partial charge in [-0.3, -0.25) is 4.79 Å². The Labute approximate surface area is 122 Å². The lowest BCUT2D eigenvalue weighted by Gasteiger charge is -2.36. The van der Waals surface area contributed by atoms with Crippen LogP contribution in [0.2, 0.25) is 0 Å². The molecule has 2 rings (SSSR count). The summed E-state index contributed by atoms with van der Waals surface area (Å²) >= 11 is 0. The highest BCUT2D eigenvalue weighted by Gasteiger charge is 2.30. The van der Waals surface area contributed by atoms with Crippen LogP contribution in [-0.4, -0.2) is 43.8 Å². The van der Waals surface area contributed by atoms with Crippen molar-refractivity contribution in [3.05, 3.63) is 12.2 Å². The third-order valence-corrected chi connectivity index (χ3v) is 5.22. The number of hydrogen-bond donors (Lipinski definition) is 0. The minimum Gasteiger partial charge on any atom is -0.339 e. The Hall–Kier alpha value is -0.840. The number of carbonyl (C=O) groups excluding carboxylic acids is 1. The van der Waals surface area contributed by atoms with E-state index in [9.17, 15) is 13.2 Å². The SMILES string of the molecule is CS(=O)(=O)CC1CCCCN1C(=O)CC1C=CCCC1. The quantitative estimate of drug-likeness (QED) is 0.748. The van der Waals surface area contributed by atoms with Crippen LogP contribution in [0.4, 0.5) is 0 Å². The van der Waals surface area contributed by atoms with Crippen LogP contribution < -0.4 is 0 Å². The molecule has 1 saturated heterocycles. The van der Waals surface area contributed by atoms with Gasteiger partial charge < -0.3 is 4.90 Å². The minimum atomic E-state index is -3.03. The van der Waals surface area contributed by atoms with Crippen molar-refractivity contribution >= 4 is 15.7 Å². The molecule has 1 aliphatic heterocycles. The van der Waals surface area contributed by atoms with Gasteiger partial charge in [0.1, 0.15) is 9.84 Å². The van der Waals surface area contributed by atoms with Crippen LogP contribution in [0.25, 0.3) is 0 Å². The summed E-state index contributed by atoms with van der Waals surface area (Å²) in [5.74, 6) is 0.589. The molecule has 20 heavy (non-hydrogen) atoms. The molecule has 2 atom stereocenters. The van der Waals surface area contributed by atoms with Crippen molar-refractivity contribution in [1.29, 1.82) is 0 Å². The lowest BCUT2D eigenvalue weighted by molar-refractivity contribution is -0.135. The van der Waals surface area contributed by atoms with Crippen molar-refractivity contribution in [1.82, 2.24) is 4.90 Å². The first-order valence-electron chi connectivity index (χ1n) is 7.59. The van der Waals surface area contributed by atoms with Gasteiger partial charge in [0.05, 0.1) is 5.75 Å². The summed E-state index contributed by atoms with van der Waals surface area (Å²) in [7, 11) is -3.03. The molecule has 2 unspecified atom stereocenters. The van der Waals surface area contributed by atoms with E-state index in [1.807, 2.05) is 4.90 Å². The molecular formula is C15H25NO3S. The molecule has 0 aromatic carbocycles. The van der Waals surface area contributed by atoms with Gasteiger partial charge in [-0.25, -0.2) is 8.42 Å². The van der Waals surface area contributed by atoms with Gasteiger partial charge in [-0.2, -0.15) is 0 Å². The third-order valence-electron chi connectivity index (χ3n) is 4.23. The lowest BCUT2D eigenvalue weighted by atomic mass is 9.92. The molecular weight excluding hydrogens is 274 g/mol. The fraction of sp³-hybridized carbons (Fsp3) is 0.800. The Morgan fingerprint density at radius 3 is 2.70 bits per heavy atom. The van der Waals surface area contributed by atoms with Gasteiger partial charge in [0.2, 0.25) is 5.91 Å². The zero-order chi connectivity index (χ0) is 14.6. The average molecular weight is 299 g/mol. The summed E-state index contributed by atoms with van der Waals surface area (Å²) in [4.78, 5) is 14.3. The van der Waals surface area contributed by atoms with Gasteiger partial charge in [0.15, 0.2) is 0 Å². The maximum Gasteiger partial charge on any atom is 0.223 e. The summed E-state index contributed by atoms with van der Waals surface area (Å²) in [6.07, 6.45) is 12.3. The Morgan fingerprint density at radius 1 is 1.25 bits per heavy atom. The van der Waals surface area contributed by atoms with Crippen LogP contribution in [0, 0.1) is 5.92 Å². The zero-order valence-electron chi connectivity index (χ0n) is 12.3. The van der Waals surface area contributed by atoms with Crippen LogP contribution >= 0.6 is 0 Å². The number of sulfone groups is 1. The summed E-state index contributed by atoms with van der Waals surface area (Å²) in [6.45, 7) is 0.718. The van der Waals surface area contributed by atoms with E-state index in [0.717, 1.165) is 45.1 Å². The van der Waals surface area contributed by atoms with Crippen LogP contribution in [0.5, 0.6) is 0 Å². The molecule has 1 heterocycles. The van der Waals surface area contributed by atoms with Crippen molar-refractivity contribution in [2.45, 2.75) is 51.0 Å². The lowest BCUT2D eigenvalue weighted by Crippen LogP contribution is -2.47. The largest absolute Gasteiger partial charge is 0.339 e. The molecule has 0 aromatic heterocycles. The van der Waals surface area contributed by atoms with Crippen molar-refractivity contribution < 1.29 is 13.2 Å². The number of allylic oxidation sites excluding steroid dienone is 2. The number of carbonyl (C=O) groups is 1. The van der Waals surface area contributed by atoms with Gasteiger partial charge in [-0.1, -0.05) is 12.2 Å². The highest BCUT2D eigenvalue weighted by atomic mass is 32.2. The van der Waals surface area contributed by atoms with E-state index in [-0.39, 0.29) is 17.7 Å². The fourth-order valence-electron chi connectivity index (χ4n) is 3.25. The molecule has 5 heteroatoms. The third kappa shape index (κ3) is 4.62. The Kier molecular flexibility index (Phi) is 5.24. The average Bonchev–Trinajstić information content (AvgIpc) is 2.38. The first-order chi connectivity index (χ1) is 9.46. The Morgan fingerprint density at radius 2 is 2.05 bits per heavy atom. The van der Waals surface area contributed by atoms with Crippen LogP contribution in [0.3, 0.4) is 0 Å². The molecule has 0 aromatic rings. The molecule has 114 valence electrons. The highest BCUT2D eigenvalue weighted by Crippen LogP contribution is 2.24. The zero-order valence-corrected chi connectivity index (χ0v) is 13.1. The molecule has 1 fully saturated rings. The normalized spacial score (nSPS) is 27.6. The molecule has 2 aliphatic rings. The predicted molar refractivity (Wildman–Crippen MR) is 80.2 cm³/mol. The molecule has 4 nitrogen and oxygen atoms in total. The molecule has 0 spiro atoms. The smallest absolute Gasteiger partial charge is 0.223 e. The molecule has 1 aliphatic carbocycles. The summed E-state index contributed by atoms with van der Waals surface area (Å²) < 4.78 is 23.0. The van der Waals surface area contributed by atoms with E-state index in [4.69, 9.17) is 0 Å². The van der Waals surface area contributed by atoms with Gasteiger partial charge >= 0.3 is 0 Å². The number of amides is 1. The maximum absolute atomic E-state index is 12.5. The van der Waals surface area contributed by atoms with Crippen molar-refractivity contribution in [2.24, 2.45) is 5.92 Å². The summed E-state index contributed by atoms with van der Waals surface area (Å²) in [5.41, 5.74) is 0. The van der Waals surface area contributed by atoms with Crippen molar-refractivity contribution in [3.63, 3.8) is 0 Å². The minimum absolute atomic E-state index is 0.110. The predicted octanol–water partition coefficient (Wildman–Crippen LogP) is 2.16. The maximum atomic E-state index is 12.5. The number of hydrogen-bond acceptors (Lipinski definition) is 3. The van der Waals surface area contributed by atoms with E-state index >= 15 is 0 Å². The van der Waals surface area contributed by atoms with E-state index < -0.39 is 9.84 Å². The summed E-state index contributed by atoms with van der Waals surface area (Å²) in [5, 5.41) is 0. The van der Waals surface area contributed by atoms with Gasteiger partial charge in [-0.05, 0) is 44.4 Å². The first-order valence-corrected chi connectivity index (χ1v) is 9.65. The van der Waals surface area contributed by atoms with Gasteiger partial charge in [-0.15, -0.1) is 0 Å². The van der Waals surface area contributed by atoms with Crippen LogP contribution in [0.1, 0.15) is 44.9 Å². The van der Waals surface area contributed by atoms with Crippen molar-refractivity contribution in [2.75, 3.05) is 18.6 Å². The van der Waals surface area contributed by atoms with Gasteiger partial charge in [0.25, 0.3) is 0 Å². The Balaban J connectivity index is 1.97. The molecule has 0 radical (unpaired) electrons. The molecule has 1 amide bonds. The number of likely N-dealkylation sites (tertiary alicyclic amines) is 1. The second-order valence-electron chi connectivity index (χ2n) is 6.15. The van der Waals surface area contributed by atoms with E-state index in [1.54, 1.807) is 0 Å². The van der Waals surface area contributed by atoms with Crippen molar-refractivity contribution in [3.8, 4) is 0 Å². The topological polar surface area (TPSA) is 54.5 Å². The van der Waals surface area contributed by atoms with E-state index in [0.29, 0.717) is 12.3 Å². The molecule has 0 saturated carbocycles. The van der Waals surface area contributed by atoms with Crippen LogP contribution in [0.15, 0.2) is 12.2 Å². The van der Waals surface area contributed by atoms with E-state index in [1.165, 1.54) is 6.26 Å². The highest BCUT2D eigenvalue weighted by molar-refractivity contribution is 7.90. The second-order valence-corrected chi connectivity index (χ2v) is 8.34. The standard InChI is InChI=1S/C15H25NO3S/c1-20(18,19)12-14-9-5-6-10-16(14)15(17)11-13-7-3-2-4-8-13/h3,7,13-14H,2,4-6,8-12H2,1H3.